The van der Waals surface area contributed by atoms with E-state index < -0.39 is 0 Å². The lowest BCUT2D eigenvalue weighted by Gasteiger charge is -2.09. The zero-order valence-electron chi connectivity index (χ0n) is 15.3. The minimum Gasteiger partial charge on any atom is -0.462 e. The van der Waals surface area contributed by atoms with Gasteiger partial charge in [-0.15, -0.1) is 11.3 Å². The summed E-state index contributed by atoms with van der Waals surface area (Å²) in [6, 6.07) is 11.4. The average Bonchev–Trinajstić information content (AvgIpc) is 3.30. The number of carbonyl (C=O) groups is 2. The van der Waals surface area contributed by atoms with Crippen LogP contribution in [-0.4, -0.2) is 28.3 Å². The van der Waals surface area contributed by atoms with Crippen molar-refractivity contribution in [3.05, 3.63) is 64.1 Å². The molecule has 0 aliphatic heterocycles. The molecule has 0 aliphatic rings. The number of ether oxygens (including phenoxy) is 1. The molecular weight excluding hydrogens is 362 g/mol. The summed E-state index contributed by atoms with van der Waals surface area (Å²) in [6.45, 7) is 3.89. The molecule has 0 atom stereocenters. The van der Waals surface area contributed by atoms with E-state index in [9.17, 15) is 9.59 Å². The van der Waals surface area contributed by atoms with Gasteiger partial charge < -0.3 is 10.1 Å². The molecule has 7 heteroatoms. The summed E-state index contributed by atoms with van der Waals surface area (Å²) in [5, 5.41) is 9.21. The van der Waals surface area contributed by atoms with Gasteiger partial charge in [0.15, 0.2) is 0 Å². The number of aryl methyl sites for hydroxylation is 1. The Hall–Kier alpha value is -2.93. The molecule has 140 valence electrons. The first-order valence-electron chi connectivity index (χ1n) is 8.73. The number of aromatic nitrogens is 2. The van der Waals surface area contributed by atoms with Gasteiger partial charge in [-0.05, 0) is 49.9 Å². The maximum absolute atomic E-state index is 12.2. The molecule has 2 heterocycles. The van der Waals surface area contributed by atoms with Crippen molar-refractivity contribution >= 4 is 28.9 Å². The van der Waals surface area contributed by atoms with E-state index in [0.717, 1.165) is 12.1 Å². The fourth-order valence-corrected chi connectivity index (χ4v) is 3.42. The van der Waals surface area contributed by atoms with Gasteiger partial charge >= 0.3 is 5.97 Å². The molecule has 3 rings (SSSR count). The number of thiophene rings is 1. The van der Waals surface area contributed by atoms with Crippen LogP contribution >= 0.6 is 11.3 Å². The Morgan fingerprint density at radius 1 is 1.26 bits per heavy atom. The van der Waals surface area contributed by atoms with Gasteiger partial charge in [0.25, 0.3) is 0 Å². The maximum atomic E-state index is 12.2. The molecular formula is C20H21N3O3S. The number of nitrogens with one attached hydrogen (secondary N) is 1. The first-order valence-corrected chi connectivity index (χ1v) is 9.61. The van der Waals surface area contributed by atoms with Crippen LogP contribution in [0.4, 0.5) is 5.69 Å². The number of amides is 1. The van der Waals surface area contributed by atoms with Gasteiger partial charge in [-0.3, -0.25) is 4.79 Å². The fourth-order valence-electron chi connectivity index (χ4n) is 2.71. The van der Waals surface area contributed by atoms with Crippen LogP contribution in [0.25, 0.3) is 5.69 Å². The predicted molar refractivity (Wildman–Crippen MR) is 106 cm³/mol. The molecule has 0 radical (unpaired) electrons. The first-order chi connectivity index (χ1) is 13.1. The topological polar surface area (TPSA) is 73.2 Å². The summed E-state index contributed by atoms with van der Waals surface area (Å²) < 4.78 is 6.70. The molecule has 6 nitrogen and oxygen atoms in total. The Kier molecular flexibility index (Phi) is 6.03. The van der Waals surface area contributed by atoms with Crippen molar-refractivity contribution in [1.82, 2.24) is 9.78 Å². The van der Waals surface area contributed by atoms with Crippen LogP contribution in [-0.2, 0) is 16.0 Å². The smallest absolute Gasteiger partial charge is 0.341 e. The summed E-state index contributed by atoms with van der Waals surface area (Å²) in [4.78, 5) is 25.4. The van der Waals surface area contributed by atoms with E-state index in [1.165, 1.54) is 11.1 Å². The lowest BCUT2D eigenvalue weighted by atomic mass is 10.2. The van der Waals surface area contributed by atoms with Crippen LogP contribution in [0.5, 0.6) is 0 Å². The van der Waals surface area contributed by atoms with Crippen molar-refractivity contribution in [2.45, 2.75) is 26.7 Å². The Bertz CT molecular complexity index is 932. The number of carbonyl (C=O) groups excluding carboxylic acids is 2. The third-order valence-electron chi connectivity index (χ3n) is 4.06. The number of hydrogen-bond donors (Lipinski definition) is 1. The zero-order chi connectivity index (χ0) is 19.2. The fraction of sp³-hybridized carbons (Fsp3) is 0.250. The minimum absolute atomic E-state index is 0.0371. The highest BCUT2D eigenvalue weighted by molar-refractivity contribution is 7.09. The maximum Gasteiger partial charge on any atom is 0.341 e. The standard InChI is InChI=1S/C20H21N3O3S/c1-3-26-20(25)18-13-21-23(14(18)2)16-7-4-6-15(12-16)22-19(24)10-9-17-8-5-11-27-17/h4-8,11-13H,3,9-10H2,1-2H3,(H,22,24). The van der Waals surface area contributed by atoms with E-state index in [-0.39, 0.29) is 11.9 Å². The van der Waals surface area contributed by atoms with Crippen molar-refractivity contribution in [1.29, 1.82) is 0 Å². The highest BCUT2D eigenvalue weighted by Gasteiger charge is 2.16. The first kappa shape index (κ1) is 18.8. The molecule has 0 fully saturated rings. The highest BCUT2D eigenvalue weighted by Crippen LogP contribution is 2.19. The Morgan fingerprint density at radius 3 is 2.85 bits per heavy atom. The van der Waals surface area contributed by atoms with E-state index in [1.807, 2.05) is 48.7 Å². The molecule has 1 aromatic carbocycles. The van der Waals surface area contributed by atoms with Gasteiger partial charge in [0.2, 0.25) is 5.91 Å². The van der Waals surface area contributed by atoms with Crippen molar-refractivity contribution in [3.8, 4) is 5.69 Å². The highest BCUT2D eigenvalue weighted by atomic mass is 32.1. The number of esters is 1. The summed E-state index contributed by atoms with van der Waals surface area (Å²) in [5.74, 6) is -0.427. The van der Waals surface area contributed by atoms with Gasteiger partial charge in [-0.25, -0.2) is 9.48 Å². The van der Waals surface area contributed by atoms with Crippen LogP contribution in [0.1, 0.15) is 34.3 Å². The molecule has 0 saturated heterocycles. The van der Waals surface area contributed by atoms with Crippen LogP contribution in [0.3, 0.4) is 0 Å². The molecule has 1 N–H and O–H groups in total. The van der Waals surface area contributed by atoms with Crippen LogP contribution < -0.4 is 5.32 Å². The molecule has 0 saturated carbocycles. The van der Waals surface area contributed by atoms with Crippen LogP contribution in [0.2, 0.25) is 0 Å². The number of nitrogens with zero attached hydrogens (tertiary/aromatic N) is 2. The Morgan fingerprint density at radius 2 is 2.11 bits per heavy atom. The van der Waals surface area contributed by atoms with E-state index in [4.69, 9.17) is 4.74 Å². The van der Waals surface area contributed by atoms with Crippen molar-refractivity contribution < 1.29 is 14.3 Å². The zero-order valence-corrected chi connectivity index (χ0v) is 16.1. The van der Waals surface area contributed by atoms with E-state index in [2.05, 4.69) is 10.4 Å². The van der Waals surface area contributed by atoms with Gasteiger partial charge in [0, 0.05) is 17.0 Å². The van der Waals surface area contributed by atoms with E-state index in [0.29, 0.717) is 30.0 Å². The Labute approximate surface area is 161 Å². The lowest BCUT2D eigenvalue weighted by molar-refractivity contribution is -0.116. The minimum atomic E-state index is -0.390. The SMILES string of the molecule is CCOC(=O)c1cnn(-c2cccc(NC(=O)CCc3cccs3)c2)c1C. The molecule has 0 aliphatic carbocycles. The molecule has 0 unspecified atom stereocenters. The molecule has 27 heavy (non-hydrogen) atoms. The number of benzene rings is 1. The number of rotatable bonds is 7. The average molecular weight is 383 g/mol. The predicted octanol–water partition coefficient (Wildman–Crippen LogP) is 3.99. The van der Waals surface area contributed by atoms with Gasteiger partial charge in [-0.2, -0.15) is 5.10 Å². The number of hydrogen-bond acceptors (Lipinski definition) is 5. The van der Waals surface area contributed by atoms with Gasteiger partial charge in [0.1, 0.15) is 5.56 Å². The number of anilines is 1. The second-order valence-corrected chi connectivity index (χ2v) is 6.99. The summed E-state index contributed by atoms with van der Waals surface area (Å²) >= 11 is 1.65. The second-order valence-electron chi connectivity index (χ2n) is 5.95. The van der Waals surface area contributed by atoms with Crippen molar-refractivity contribution in [3.63, 3.8) is 0 Å². The lowest BCUT2D eigenvalue weighted by Crippen LogP contribution is -2.12. The summed E-state index contributed by atoms with van der Waals surface area (Å²) in [6.07, 6.45) is 2.66. The summed E-state index contributed by atoms with van der Waals surface area (Å²) in [7, 11) is 0. The quantitative estimate of drug-likeness (QED) is 0.626. The van der Waals surface area contributed by atoms with Gasteiger partial charge in [0.05, 0.1) is 24.2 Å². The monoisotopic (exact) mass is 383 g/mol. The van der Waals surface area contributed by atoms with Crippen molar-refractivity contribution in [2.24, 2.45) is 0 Å². The van der Waals surface area contributed by atoms with Crippen LogP contribution in [0.15, 0.2) is 48.0 Å². The molecule has 0 spiro atoms. The normalized spacial score (nSPS) is 10.6. The third-order valence-corrected chi connectivity index (χ3v) is 4.99. The van der Waals surface area contributed by atoms with Gasteiger partial charge in [-0.1, -0.05) is 12.1 Å². The second kappa shape index (κ2) is 8.64. The van der Waals surface area contributed by atoms with Crippen molar-refractivity contribution in [2.75, 3.05) is 11.9 Å². The molecule has 1 amide bonds. The summed E-state index contributed by atoms with van der Waals surface area (Å²) in [5.41, 5.74) is 2.58. The molecule has 2 aromatic heterocycles. The van der Waals surface area contributed by atoms with Crippen LogP contribution in [0, 0.1) is 6.92 Å². The molecule has 3 aromatic rings. The largest absolute Gasteiger partial charge is 0.462 e. The Balaban J connectivity index is 1.70. The third kappa shape index (κ3) is 4.62. The van der Waals surface area contributed by atoms with E-state index in [1.54, 1.807) is 22.9 Å². The molecule has 0 bridgehead atoms. The van der Waals surface area contributed by atoms with E-state index >= 15 is 0 Å².